The summed E-state index contributed by atoms with van der Waals surface area (Å²) >= 11 is 0. The average molecular weight is 262 g/mol. The summed E-state index contributed by atoms with van der Waals surface area (Å²) in [4.78, 5) is 2.83. The largest absolute Gasteiger partial charge is 0.311 e. The lowest BCUT2D eigenvalue weighted by atomic mass is 9.90. The third kappa shape index (κ3) is 3.41. The van der Waals surface area contributed by atoms with Gasteiger partial charge in [-0.3, -0.25) is 4.90 Å². The molecule has 0 bridgehead atoms. The highest BCUT2D eigenvalue weighted by molar-refractivity contribution is 4.97. The Bertz CT molecular complexity index is 319. The average Bonchev–Trinajstić information content (AvgIpc) is 3.24. The van der Waals surface area contributed by atoms with Crippen molar-refractivity contribution in [3.05, 3.63) is 12.2 Å². The van der Waals surface area contributed by atoms with Gasteiger partial charge in [0.25, 0.3) is 0 Å². The fourth-order valence-corrected chi connectivity index (χ4v) is 3.89. The van der Waals surface area contributed by atoms with E-state index in [1.807, 2.05) is 0 Å². The van der Waals surface area contributed by atoms with Crippen LogP contribution in [0.15, 0.2) is 12.2 Å². The summed E-state index contributed by atoms with van der Waals surface area (Å²) in [6.07, 6.45) is 11.7. The molecule has 0 amide bonds. The summed E-state index contributed by atoms with van der Waals surface area (Å²) in [6.45, 7) is 8.61. The van der Waals surface area contributed by atoms with E-state index in [4.69, 9.17) is 0 Å². The smallest absolute Gasteiger partial charge is 0.0244 e. The maximum atomic E-state index is 3.82. The highest BCUT2D eigenvalue weighted by atomic mass is 15.2. The first-order valence-corrected chi connectivity index (χ1v) is 8.36. The summed E-state index contributed by atoms with van der Waals surface area (Å²) in [5.41, 5.74) is 0. The Morgan fingerprint density at radius 1 is 1.21 bits per heavy atom. The highest BCUT2D eigenvalue weighted by Gasteiger charge is 2.38. The molecular formula is C17H30N2. The standard InChI is InChI=1S/C17H30N2/c1-13(2)17-10-18-16(15-8-9-15)12-19(17)11-14-6-4-3-5-7-14/h3-4,13-18H,5-12H2,1-2H3. The van der Waals surface area contributed by atoms with Crippen molar-refractivity contribution in [2.75, 3.05) is 19.6 Å². The molecule has 2 aliphatic carbocycles. The van der Waals surface area contributed by atoms with Crippen molar-refractivity contribution >= 4 is 0 Å². The van der Waals surface area contributed by atoms with Crippen LogP contribution in [-0.2, 0) is 0 Å². The Labute approximate surface area is 118 Å². The van der Waals surface area contributed by atoms with Gasteiger partial charge in [0.15, 0.2) is 0 Å². The molecule has 3 atom stereocenters. The molecule has 0 aromatic heterocycles. The zero-order valence-corrected chi connectivity index (χ0v) is 12.6. The first-order chi connectivity index (χ1) is 9.24. The molecule has 0 aromatic carbocycles. The molecule has 0 radical (unpaired) electrons. The normalized spacial score (nSPS) is 36.9. The van der Waals surface area contributed by atoms with Gasteiger partial charge in [0.2, 0.25) is 0 Å². The second-order valence-electron chi connectivity index (χ2n) is 7.27. The van der Waals surface area contributed by atoms with Crippen LogP contribution in [-0.4, -0.2) is 36.6 Å². The lowest BCUT2D eigenvalue weighted by molar-refractivity contribution is 0.0743. The van der Waals surface area contributed by atoms with Crippen LogP contribution in [0.4, 0.5) is 0 Å². The molecule has 0 aromatic rings. The summed E-state index contributed by atoms with van der Waals surface area (Å²) in [6, 6.07) is 1.54. The molecule has 3 unspecified atom stereocenters. The Morgan fingerprint density at radius 3 is 2.68 bits per heavy atom. The number of nitrogens with one attached hydrogen (secondary N) is 1. The molecule has 3 rings (SSSR count). The summed E-state index contributed by atoms with van der Waals surface area (Å²) in [7, 11) is 0. The number of allylic oxidation sites excluding steroid dienone is 2. The molecule has 1 saturated carbocycles. The lowest BCUT2D eigenvalue weighted by Gasteiger charge is -2.44. The van der Waals surface area contributed by atoms with E-state index in [0.29, 0.717) is 0 Å². The quantitative estimate of drug-likeness (QED) is 0.783. The van der Waals surface area contributed by atoms with Crippen molar-refractivity contribution in [1.82, 2.24) is 10.2 Å². The van der Waals surface area contributed by atoms with Crippen LogP contribution in [0.2, 0.25) is 0 Å². The van der Waals surface area contributed by atoms with E-state index in [1.54, 1.807) is 0 Å². The molecule has 2 nitrogen and oxygen atoms in total. The minimum Gasteiger partial charge on any atom is -0.311 e. The van der Waals surface area contributed by atoms with Crippen molar-refractivity contribution in [3.8, 4) is 0 Å². The molecule has 108 valence electrons. The van der Waals surface area contributed by atoms with Crippen molar-refractivity contribution in [2.24, 2.45) is 17.8 Å². The second kappa shape index (κ2) is 5.97. The molecule has 1 aliphatic heterocycles. The van der Waals surface area contributed by atoms with E-state index in [0.717, 1.165) is 29.8 Å². The molecule has 2 fully saturated rings. The van der Waals surface area contributed by atoms with Gasteiger partial charge in [-0.15, -0.1) is 0 Å². The van der Waals surface area contributed by atoms with Gasteiger partial charge in [0.05, 0.1) is 0 Å². The maximum absolute atomic E-state index is 3.82. The number of nitrogens with zero attached hydrogens (tertiary/aromatic N) is 1. The molecule has 19 heavy (non-hydrogen) atoms. The number of rotatable bonds is 4. The van der Waals surface area contributed by atoms with Crippen LogP contribution in [0, 0.1) is 17.8 Å². The Morgan fingerprint density at radius 2 is 2.05 bits per heavy atom. The molecule has 1 heterocycles. The van der Waals surface area contributed by atoms with Gasteiger partial charge in [-0.2, -0.15) is 0 Å². The second-order valence-corrected chi connectivity index (χ2v) is 7.27. The first-order valence-electron chi connectivity index (χ1n) is 8.36. The maximum Gasteiger partial charge on any atom is 0.0244 e. The number of hydrogen-bond acceptors (Lipinski definition) is 2. The van der Waals surface area contributed by atoms with Gasteiger partial charge in [0, 0.05) is 31.7 Å². The SMILES string of the molecule is CC(C)C1CNC(C2CC2)CN1CC1CC=CCC1. The topological polar surface area (TPSA) is 15.3 Å². The van der Waals surface area contributed by atoms with Gasteiger partial charge in [-0.1, -0.05) is 26.0 Å². The molecule has 0 spiro atoms. The molecule has 1 N–H and O–H groups in total. The highest BCUT2D eigenvalue weighted by Crippen LogP contribution is 2.35. The van der Waals surface area contributed by atoms with E-state index in [2.05, 4.69) is 36.2 Å². The molecule has 1 saturated heterocycles. The van der Waals surface area contributed by atoms with Gasteiger partial charge >= 0.3 is 0 Å². The zero-order chi connectivity index (χ0) is 13.2. The van der Waals surface area contributed by atoms with Crippen LogP contribution in [0.3, 0.4) is 0 Å². The van der Waals surface area contributed by atoms with Gasteiger partial charge in [-0.05, 0) is 49.9 Å². The third-order valence-electron chi connectivity index (χ3n) is 5.32. The fraction of sp³-hybridized carbons (Fsp3) is 0.882. The number of piperazine rings is 1. The van der Waals surface area contributed by atoms with Crippen molar-refractivity contribution < 1.29 is 0 Å². The van der Waals surface area contributed by atoms with Gasteiger partial charge in [-0.25, -0.2) is 0 Å². The summed E-state index contributed by atoms with van der Waals surface area (Å²) in [5, 5.41) is 3.82. The Balaban J connectivity index is 1.60. The van der Waals surface area contributed by atoms with Crippen LogP contribution in [0.5, 0.6) is 0 Å². The summed E-state index contributed by atoms with van der Waals surface area (Å²) in [5.74, 6) is 2.66. The van der Waals surface area contributed by atoms with Crippen LogP contribution in [0.1, 0.15) is 46.0 Å². The predicted molar refractivity (Wildman–Crippen MR) is 81.2 cm³/mol. The van der Waals surface area contributed by atoms with Crippen molar-refractivity contribution in [3.63, 3.8) is 0 Å². The van der Waals surface area contributed by atoms with Crippen LogP contribution >= 0.6 is 0 Å². The number of hydrogen-bond donors (Lipinski definition) is 1. The molecule has 2 heteroatoms. The monoisotopic (exact) mass is 262 g/mol. The van der Waals surface area contributed by atoms with Crippen molar-refractivity contribution in [2.45, 2.75) is 58.0 Å². The minimum absolute atomic E-state index is 0.751. The van der Waals surface area contributed by atoms with E-state index in [-0.39, 0.29) is 0 Å². The first kappa shape index (κ1) is 13.6. The van der Waals surface area contributed by atoms with E-state index in [1.165, 1.54) is 51.7 Å². The van der Waals surface area contributed by atoms with Gasteiger partial charge in [0.1, 0.15) is 0 Å². The van der Waals surface area contributed by atoms with E-state index >= 15 is 0 Å². The third-order valence-corrected chi connectivity index (χ3v) is 5.32. The summed E-state index contributed by atoms with van der Waals surface area (Å²) < 4.78 is 0. The predicted octanol–water partition coefficient (Wildman–Crippen LogP) is 3.05. The molecular weight excluding hydrogens is 232 g/mol. The van der Waals surface area contributed by atoms with E-state index in [9.17, 15) is 0 Å². The Kier molecular flexibility index (Phi) is 4.28. The Hall–Kier alpha value is -0.340. The zero-order valence-electron chi connectivity index (χ0n) is 12.6. The minimum atomic E-state index is 0.751. The lowest BCUT2D eigenvalue weighted by Crippen LogP contribution is -2.59. The van der Waals surface area contributed by atoms with Crippen LogP contribution < -0.4 is 5.32 Å². The fourth-order valence-electron chi connectivity index (χ4n) is 3.89. The van der Waals surface area contributed by atoms with Crippen LogP contribution in [0.25, 0.3) is 0 Å². The van der Waals surface area contributed by atoms with Gasteiger partial charge < -0.3 is 5.32 Å². The molecule has 3 aliphatic rings. The van der Waals surface area contributed by atoms with E-state index < -0.39 is 0 Å². The van der Waals surface area contributed by atoms with Crippen molar-refractivity contribution in [1.29, 1.82) is 0 Å².